The van der Waals surface area contributed by atoms with Gasteiger partial charge in [-0.25, -0.2) is 0 Å². The van der Waals surface area contributed by atoms with Crippen molar-refractivity contribution in [2.45, 2.75) is 231 Å². The van der Waals surface area contributed by atoms with Crippen LogP contribution in [0.3, 0.4) is 0 Å². The van der Waals surface area contributed by atoms with Gasteiger partial charge in [-0.05, 0) is 12.8 Å². The maximum atomic E-state index is 12.5. The van der Waals surface area contributed by atoms with Crippen molar-refractivity contribution in [1.29, 1.82) is 0 Å². The number of hydrogen-bond acceptors (Lipinski definition) is 8. The van der Waals surface area contributed by atoms with E-state index in [0.29, 0.717) is 6.42 Å². The van der Waals surface area contributed by atoms with Crippen molar-refractivity contribution in [2.75, 3.05) is 26.3 Å². The summed E-state index contributed by atoms with van der Waals surface area (Å²) in [6.07, 6.45) is 36.9. The van der Waals surface area contributed by atoms with Crippen molar-refractivity contribution in [3.05, 3.63) is 0 Å². The van der Waals surface area contributed by atoms with Crippen LogP contribution in [0.1, 0.15) is 226 Å². The molecule has 1 unspecified atom stereocenters. The van der Waals surface area contributed by atoms with E-state index in [-0.39, 0.29) is 38.7 Å². The summed E-state index contributed by atoms with van der Waals surface area (Å²) in [6.45, 7) is 4.04. The second kappa shape index (κ2) is 39.6. The highest BCUT2D eigenvalue weighted by Crippen LogP contribution is 2.15. The molecule has 0 aromatic heterocycles. The lowest BCUT2D eigenvalue weighted by Crippen LogP contribution is -2.44. The van der Waals surface area contributed by atoms with Crippen LogP contribution in [-0.2, 0) is 38.8 Å². The molecule has 12 heteroatoms. The van der Waals surface area contributed by atoms with E-state index in [2.05, 4.69) is 24.5 Å². The minimum atomic E-state index is -4.89. The number of rotatable bonds is 42. The fourth-order valence-corrected chi connectivity index (χ4v) is 7.52. The number of carbonyl (C=O) groups is 4. The Morgan fingerprint density at radius 3 is 1.05 bits per heavy atom. The number of ether oxygens (including phenoxy) is 2. The van der Waals surface area contributed by atoms with Crippen LogP contribution >= 0.6 is 0 Å². The average Bonchev–Trinajstić information content (AvgIpc) is 3.16. The number of amides is 2. The van der Waals surface area contributed by atoms with E-state index >= 15 is 0 Å². The third kappa shape index (κ3) is 37.4. The van der Waals surface area contributed by atoms with Crippen LogP contribution in [0, 0.1) is 0 Å². The van der Waals surface area contributed by atoms with Crippen LogP contribution in [0.25, 0.3) is 0 Å². The summed E-state index contributed by atoms with van der Waals surface area (Å²) in [5, 5.41) is 2.69. The summed E-state index contributed by atoms with van der Waals surface area (Å²) in [5.41, 5.74) is 0. The number of esters is 2. The van der Waals surface area contributed by atoms with Crippen LogP contribution in [0.15, 0.2) is 0 Å². The highest BCUT2D eigenvalue weighted by molar-refractivity contribution is 7.87. The molecule has 3 N–H and O–H groups in total. The van der Waals surface area contributed by atoms with E-state index in [1.807, 2.05) is 0 Å². The molecule has 0 spiro atoms. The molecule has 1 atom stereocenters. The molecule has 2 amide bonds. The van der Waals surface area contributed by atoms with Crippen LogP contribution in [-0.4, -0.2) is 68.3 Å². The fourth-order valence-electron chi connectivity index (χ4n) is 6.81. The molecule has 56 heavy (non-hydrogen) atoms. The minimum absolute atomic E-state index is 0.0570. The SMILES string of the molecule is CCCCCCCCCCCCCCCCCC(=O)OCCNC(=O)CC(C(=O)NCCOC(=O)CCCCCCCCCCCCCCCCC)S(=O)(=O)O. The van der Waals surface area contributed by atoms with Crippen LogP contribution in [0.5, 0.6) is 0 Å². The Hall–Kier alpha value is -2.21. The first-order valence-electron chi connectivity index (χ1n) is 22.9. The van der Waals surface area contributed by atoms with Gasteiger partial charge in [0.25, 0.3) is 10.1 Å². The zero-order valence-electron chi connectivity index (χ0n) is 35.9. The predicted molar refractivity (Wildman–Crippen MR) is 227 cm³/mol. The van der Waals surface area contributed by atoms with Gasteiger partial charge in [-0.15, -0.1) is 0 Å². The maximum absolute atomic E-state index is 12.5. The molecule has 0 fully saturated rings. The smallest absolute Gasteiger partial charge is 0.305 e. The van der Waals surface area contributed by atoms with Crippen molar-refractivity contribution < 1.29 is 41.6 Å². The van der Waals surface area contributed by atoms with Crippen molar-refractivity contribution in [1.82, 2.24) is 10.6 Å². The topological polar surface area (TPSA) is 165 Å². The molecular weight excluding hydrogens is 733 g/mol. The number of unbranched alkanes of at least 4 members (excludes halogenated alkanes) is 28. The predicted octanol–water partition coefficient (Wildman–Crippen LogP) is 10.5. The molecule has 0 radical (unpaired) electrons. The summed E-state index contributed by atoms with van der Waals surface area (Å²) < 4.78 is 43.5. The van der Waals surface area contributed by atoms with Crippen LogP contribution < -0.4 is 10.6 Å². The first-order valence-corrected chi connectivity index (χ1v) is 24.4. The Morgan fingerprint density at radius 1 is 0.464 bits per heavy atom. The largest absolute Gasteiger partial charge is 0.464 e. The average molecular weight is 817 g/mol. The van der Waals surface area contributed by atoms with E-state index in [9.17, 15) is 32.1 Å². The molecule has 0 bridgehead atoms. The van der Waals surface area contributed by atoms with Gasteiger partial charge in [0.05, 0.1) is 19.5 Å². The van der Waals surface area contributed by atoms with Crippen molar-refractivity contribution in [2.24, 2.45) is 0 Å². The van der Waals surface area contributed by atoms with Gasteiger partial charge in [0.15, 0.2) is 5.25 Å². The van der Waals surface area contributed by atoms with Crippen molar-refractivity contribution in [3.8, 4) is 0 Å². The van der Waals surface area contributed by atoms with Gasteiger partial charge in [-0.2, -0.15) is 8.42 Å². The summed E-state index contributed by atoms with van der Waals surface area (Å²) in [4.78, 5) is 48.8. The van der Waals surface area contributed by atoms with Gasteiger partial charge in [0.1, 0.15) is 13.2 Å². The summed E-state index contributed by atoms with van der Waals surface area (Å²) in [5.74, 6) is -2.62. The third-order valence-corrected chi connectivity index (χ3v) is 11.4. The van der Waals surface area contributed by atoms with E-state index < -0.39 is 39.6 Å². The number of nitrogens with one attached hydrogen (secondary N) is 2. The van der Waals surface area contributed by atoms with E-state index in [0.717, 1.165) is 44.9 Å². The summed E-state index contributed by atoms with van der Waals surface area (Å²) >= 11 is 0. The molecule has 330 valence electrons. The zero-order chi connectivity index (χ0) is 41.4. The quantitative estimate of drug-likeness (QED) is 0.0309. The first kappa shape index (κ1) is 53.8. The Balaban J connectivity index is 3.85. The van der Waals surface area contributed by atoms with E-state index in [1.54, 1.807) is 0 Å². The number of carbonyl (C=O) groups excluding carboxylic acids is 4. The van der Waals surface area contributed by atoms with Gasteiger partial charge < -0.3 is 20.1 Å². The van der Waals surface area contributed by atoms with Crippen molar-refractivity contribution in [3.63, 3.8) is 0 Å². The van der Waals surface area contributed by atoms with Crippen molar-refractivity contribution >= 4 is 33.9 Å². The summed E-state index contributed by atoms with van der Waals surface area (Å²) in [6, 6.07) is 0. The molecule has 0 aromatic carbocycles. The zero-order valence-corrected chi connectivity index (χ0v) is 36.7. The Bertz CT molecular complexity index is 1070. The molecule has 0 aromatic rings. The monoisotopic (exact) mass is 817 g/mol. The molecule has 0 saturated heterocycles. The molecule has 0 rings (SSSR count). The van der Waals surface area contributed by atoms with Gasteiger partial charge in [0, 0.05) is 12.8 Å². The van der Waals surface area contributed by atoms with E-state index in [1.165, 1.54) is 148 Å². The molecule has 0 saturated carbocycles. The third-order valence-electron chi connectivity index (χ3n) is 10.3. The van der Waals surface area contributed by atoms with Crippen LogP contribution in [0.2, 0.25) is 0 Å². The van der Waals surface area contributed by atoms with E-state index in [4.69, 9.17) is 9.47 Å². The lowest BCUT2D eigenvalue weighted by molar-refractivity contribution is -0.144. The molecule has 0 aliphatic rings. The second-order valence-corrected chi connectivity index (χ2v) is 17.3. The fraction of sp³-hybridized carbons (Fsp3) is 0.909. The number of hydrogen-bond donors (Lipinski definition) is 3. The van der Waals surface area contributed by atoms with Crippen LogP contribution in [0.4, 0.5) is 0 Å². The molecule has 0 aliphatic heterocycles. The second-order valence-electron chi connectivity index (χ2n) is 15.7. The Morgan fingerprint density at radius 2 is 0.750 bits per heavy atom. The molecule has 11 nitrogen and oxygen atoms in total. The minimum Gasteiger partial charge on any atom is -0.464 e. The molecule has 0 aliphatic carbocycles. The molecular formula is C44H84N2O9S. The van der Waals surface area contributed by atoms with Gasteiger partial charge >= 0.3 is 11.9 Å². The standard InChI is InChI=1S/C44H84N2O9S/c1-3-5-7-9-11-13-15-17-19-21-23-25-27-29-31-33-42(48)54-37-35-45-41(47)39-40(56(51,52)53)44(50)46-36-38-55-43(49)34-32-30-28-26-24-22-20-18-16-14-12-10-8-6-4-2/h40H,3-39H2,1-2H3,(H,45,47)(H,46,50)(H,51,52,53). The highest BCUT2D eigenvalue weighted by Gasteiger charge is 2.33. The first-order chi connectivity index (χ1) is 27.1. The van der Waals surface area contributed by atoms with Gasteiger partial charge in [-0.1, -0.05) is 194 Å². The summed E-state index contributed by atoms with van der Waals surface area (Å²) in [7, 11) is -4.89. The van der Waals surface area contributed by atoms with Gasteiger partial charge in [0.2, 0.25) is 11.8 Å². The Labute approximate surface area is 342 Å². The lowest BCUT2D eigenvalue weighted by atomic mass is 10.0. The lowest BCUT2D eigenvalue weighted by Gasteiger charge is -2.14. The maximum Gasteiger partial charge on any atom is 0.305 e. The van der Waals surface area contributed by atoms with Gasteiger partial charge in [-0.3, -0.25) is 23.7 Å². The normalized spacial score (nSPS) is 12.0. The highest BCUT2D eigenvalue weighted by atomic mass is 32.2. The Kier molecular flexibility index (Phi) is 38.0. The molecule has 0 heterocycles.